The molecule has 6 heteroatoms. The largest absolute Gasteiger partial charge is 0.365 e. The van der Waals surface area contributed by atoms with Crippen molar-refractivity contribution in [2.75, 3.05) is 64.4 Å². The lowest BCUT2D eigenvalue weighted by molar-refractivity contribution is 0.0593. The molecule has 6 nitrogen and oxygen atoms in total. The Labute approximate surface area is 174 Å². The van der Waals surface area contributed by atoms with E-state index in [1.165, 1.54) is 11.3 Å². The predicted octanol–water partition coefficient (Wildman–Crippen LogP) is 1.68. The molecule has 2 aliphatic heterocycles. The average molecular weight is 394 g/mol. The molecule has 0 atom stereocenters. The molecule has 0 spiro atoms. The molecule has 1 aromatic rings. The Morgan fingerprint density at radius 1 is 1.10 bits per heavy atom. The number of ether oxygens (including phenoxy) is 1. The van der Waals surface area contributed by atoms with Gasteiger partial charge in [0.25, 0.3) is 0 Å². The molecular formula is C23H31N5O. The van der Waals surface area contributed by atoms with Crippen LogP contribution in [0.2, 0.25) is 0 Å². The maximum atomic E-state index is 9.54. The first-order valence-corrected chi connectivity index (χ1v) is 10.9. The van der Waals surface area contributed by atoms with Crippen molar-refractivity contribution in [1.82, 2.24) is 14.8 Å². The predicted molar refractivity (Wildman–Crippen MR) is 114 cm³/mol. The summed E-state index contributed by atoms with van der Waals surface area (Å²) in [5.74, 6) is 7.32. The number of nitriles is 1. The van der Waals surface area contributed by atoms with Gasteiger partial charge in [0.15, 0.2) is 0 Å². The molecule has 4 rings (SSSR count). The molecule has 29 heavy (non-hydrogen) atoms. The van der Waals surface area contributed by atoms with E-state index in [0.29, 0.717) is 6.61 Å². The summed E-state index contributed by atoms with van der Waals surface area (Å²) >= 11 is 0. The fourth-order valence-electron chi connectivity index (χ4n) is 4.40. The van der Waals surface area contributed by atoms with E-state index < -0.39 is 0 Å². The third kappa shape index (κ3) is 5.08. The minimum absolute atomic E-state index is 0.254. The zero-order valence-electron chi connectivity index (χ0n) is 17.5. The third-order valence-electron chi connectivity index (χ3n) is 6.31. The summed E-state index contributed by atoms with van der Waals surface area (Å²) in [6, 6.07) is 4.41. The van der Waals surface area contributed by atoms with Crippen LogP contribution in [0.25, 0.3) is 0 Å². The number of aromatic nitrogens is 1. The molecule has 2 fully saturated rings. The molecule has 0 N–H and O–H groups in total. The van der Waals surface area contributed by atoms with Gasteiger partial charge in [-0.25, -0.2) is 4.98 Å². The summed E-state index contributed by atoms with van der Waals surface area (Å²) in [6.07, 6.45) is 5.43. The Hall–Kier alpha value is -2.12. The molecule has 0 unspecified atom stereocenters. The van der Waals surface area contributed by atoms with Gasteiger partial charge in [0.1, 0.15) is 18.5 Å². The van der Waals surface area contributed by atoms with Gasteiger partial charge in [-0.15, -0.1) is 0 Å². The van der Waals surface area contributed by atoms with E-state index in [2.05, 4.69) is 45.7 Å². The van der Waals surface area contributed by atoms with Gasteiger partial charge in [-0.1, -0.05) is 11.8 Å². The Kier molecular flexibility index (Phi) is 6.67. The van der Waals surface area contributed by atoms with E-state index >= 15 is 0 Å². The molecule has 2 saturated heterocycles. The topological polar surface area (TPSA) is 55.6 Å². The first-order valence-electron chi connectivity index (χ1n) is 10.9. The smallest absolute Gasteiger partial charge is 0.146 e. The van der Waals surface area contributed by atoms with Crippen LogP contribution in [0.3, 0.4) is 0 Å². The lowest BCUT2D eigenvalue weighted by Crippen LogP contribution is -2.44. The monoisotopic (exact) mass is 393 g/mol. The van der Waals surface area contributed by atoms with Crippen molar-refractivity contribution in [3.8, 4) is 17.9 Å². The van der Waals surface area contributed by atoms with Crippen molar-refractivity contribution in [1.29, 1.82) is 5.26 Å². The second-order valence-electron chi connectivity index (χ2n) is 8.36. The standard InChI is InChI=1S/C23H31N5O/c1-26-12-14-27(15-13-26)9-2-3-16-29-21-7-10-28(11-8-21)23-20(18-24)17-19-5-4-6-22(19)25-23/h17,21H,4-16H2,1H3. The molecule has 3 aliphatic rings. The molecule has 0 aromatic carbocycles. The van der Waals surface area contributed by atoms with Crippen molar-refractivity contribution >= 4 is 5.82 Å². The van der Waals surface area contributed by atoms with Crippen LogP contribution in [0, 0.1) is 23.2 Å². The Morgan fingerprint density at radius 3 is 2.66 bits per heavy atom. The average Bonchev–Trinajstić information content (AvgIpc) is 3.22. The first kappa shape index (κ1) is 20.2. The maximum Gasteiger partial charge on any atom is 0.146 e. The maximum absolute atomic E-state index is 9.54. The summed E-state index contributed by atoms with van der Waals surface area (Å²) in [4.78, 5) is 11.9. The summed E-state index contributed by atoms with van der Waals surface area (Å²) in [7, 11) is 2.17. The first-order chi connectivity index (χ1) is 14.2. The molecule has 0 bridgehead atoms. The number of anilines is 1. The van der Waals surface area contributed by atoms with Crippen molar-refractivity contribution in [2.45, 2.75) is 38.2 Å². The van der Waals surface area contributed by atoms with Crippen LogP contribution >= 0.6 is 0 Å². The number of aryl methyl sites for hydroxylation is 2. The number of hydrogen-bond donors (Lipinski definition) is 0. The summed E-state index contributed by atoms with van der Waals surface area (Å²) in [5, 5.41) is 9.54. The van der Waals surface area contributed by atoms with Crippen LogP contribution in [-0.4, -0.2) is 80.4 Å². The van der Waals surface area contributed by atoms with E-state index in [1.807, 2.05) is 0 Å². The lowest BCUT2D eigenvalue weighted by atomic mass is 10.1. The van der Waals surface area contributed by atoms with Gasteiger partial charge < -0.3 is 14.5 Å². The van der Waals surface area contributed by atoms with Crippen molar-refractivity contribution in [3.05, 3.63) is 22.9 Å². The number of likely N-dealkylation sites (N-methyl/N-ethyl adjacent to an activating group) is 1. The molecule has 0 saturated carbocycles. The van der Waals surface area contributed by atoms with Crippen molar-refractivity contribution < 1.29 is 4.74 Å². The summed E-state index contributed by atoms with van der Waals surface area (Å²) < 4.78 is 5.99. The highest BCUT2D eigenvalue weighted by Gasteiger charge is 2.24. The summed E-state index contributed by atoms with van der Waals surface area (Å²) in [5.41, 5.74) is 3.17. The second kappa shape index (κ2) is 9.59. The van der Waals surface area contributed by atoms with Crippen LogP contribution in [0.4, 0.5) is 5.82 Å². The van der Waals surface area contributed by atoms with Gasteiger partial charge in [-0.3, -0.25) is 4.90 Å². The Bertz CT molecular complexity index is 805. The Balaban J connectivity index is 1.22. The van der Waals surface area contributed by atoms with E-state index in [-0.39, 0.29) is 6.10 Å². The van der Waals surface area contributed by atoms with E-state index in [9.17, 15) is 5.26 Å². The minimum atomic E-state index is 0.254. The second-order valence-corrected chi connectivity index (χ2v) is 8.36. The zero-order chi connectivity index (χ0) is 20.1. The molecule has 0 amide bonds. The van der Waals surface area contributed by atoms with Gasteiger partial charge in [0.05, 0.1) is 18.2 Å². The molecule has 0 radical (unpaired) electrons. The van der Waals surface area contributed by atoms with Gasteiger partial charge in [0, 0.05) is 45.0 Å². The molecule has 1 aliphatic carbocycles. The van der Waals surface area contributed by atoms with Crippen molar-refractivity contribution in [2.24, 2.45) is 0 Å². The quantitative estimate of drug-likeness (QED) is 0.726. The van der Waals surface area contributed by atoms with E-state index in [1.54, 1.807) is 0 Å². The van der Waals surface area contributed by atoms with Crippen molar-refractivity contribution in [3.63, 3.8) is 0 Å². The number of piperidine rings is 1. The van der Waals surface area contributed by atoms with E-state index in [0.717, 1.165) is 89.3 Å². The zero-order valence-corrected chi connectivity index (χ0v) is 17.5. The number of nitrogens with zero attached hydrogens (tertiary/aromatic N) is 5. The van der Waals surface area contributed by atoms with Gasteiger partial charge >= 0.3 is 0 Å². The number of hydrogen-bond acceptors (Lipinski definition) is 6. The highest BCUT2D eigenvalue weighted by molar-refractivity contribution is 5.57. The van der Waals surface area contributed by atoms with Crippen LogP contribution in [-0.2, 0) is 17.6 Å². The molecule has 1 aromatic heterocycles. The normalized spacial score (nSPS) is 20.8. The lowest BCUT2D eigenvalue weighted by Gasteiger charge is -2.33. The van der Waals surface area contributed by atoms with E-state index in [4.69, 9.17) is 9.72 Å². The SMILES string of the molecule is CN1CCN(CC#CCOC2CCN(c3nc4c(cc3C#N)CCC4)CC2)CC1. The summed E-state index contributed by atoms with van der Waals surface area (Å²) in [6.45, 7) is 7.60. The van der Waals surface area contributed by atoms with Gasteiger partial charge in [-0.2, -0.15) is 5.26 Å². The number of rotatable bonds is 4. The molecule has 3 heterocycles. The van der Waals surface area contributed by atoms with Crippen LogP contribution in [0.5, 0.6) is 0 Å². The minimum Gasteiger partial charge on any atom is -0.365 e. The fraction of sp³-hybridized carbons (Fsp3) is 0.652. The molecular weight excluding hydrogens is 362 g/mol. The molecule has 154 valence electrons. The van der Waals surface area contributed by atoms with Crippen LogP contribution in [0.1, 0.15) is 36.1 Å². The number of piperazine rings is 1. The fourth-order valence-corrected chi connectivity index (χ4v) is 4.40. The number of fused-ring (bicyclic) bond motifs is 1. The van der Waals surface area contributed by atoms with Crippen LogP contribution < -0.4 is 4.90 Å². The van der Waals surface area contributed by atoms with Gasteiger partial charge in [0.2, 0.25) is 0 Å². The third-order valence-corrected chi connectivity index (χ3v) is 6.31. The van der Waals surface area contributed by atoms with Gasteiger partial charge in [-0.05, 0) is 50.8 Å². The number of pyridine rings is 1. The van der Waals surface area contributed by atoms with Crippen LogP contribution in [0.15, 0.2) is 6.07 Å². The highest BCUT2D eigenvalue weighted by Crippen LogP contribution is 2.29. The highest BCUT2D eigenvalue weighted by atomic mass is 16.5. The Morgan fingerprint density at radius 2 is 1.90 bits per heavy atom.